The van der Waals surface area contributed by atoms with E-state index in [0.717, 1.165) is 0 Å². The van der Waals surface area contributed by atoms with Crippen molar-refractivity contribution in [2.75, 3.05) is 7.05 Å². The Bertz CT molecular complexity index is 767. The molecule has 6 nitrogen and oxygen atoms in total. The summed E-state index contributed by atoms with van der Waals surface area (Å²) in [6.07, 6.45) is 2.32. The number of nitrogens with one attached hydrogen (secondary N) is 1. The monoisotopic (exact) mass is 301 g/mol. The van der Waals surface area contributed by atoms with Gasteiger partial charge in [-0.1, -0.05) is 17.3 Å². The van der Waals surface area contributed by atoms with E-state index < -0.39 is 0 Å². The molecule has 3 rings (SSSR count). The van der Waals surface area contributed by atoms with Gasteiger partial charge in [-0.2, -0.15) is 10.1 Å². The van der Waals surface area contributed by atoms with Gasteiger partial charge in [-0.25, -0.2) is 9.07 Å². The van der Waals surface area contributed by atoms with Gasteiger partial charge in [-0.05, 0) is 32.2 Å². The molecule has 0 fully saturated rings. The summed E-state index contributed by atoms with van der Waals surface area (Å²) in [6, 6.07) is 8.40. The second-order valence-corrected chi connectivity index (χ2v) is 5.01. The minimum absolute atomic E-state index is 0.251. The molecule has 0 amide bonds. The summed E-state index contributed by atoms with van der Waals surface area (Å²) in [6.45, 7) is 2.03. The number of rotatable bonds is 5. The zero-order valence-electron chi connectivity index (χ0n) is 12.3. The molecule has 0 aliphatic carbocycles. The van der Waals surface area contributed by atoms with Crippen LogP contribution < -0.4 is 5.32 Å². The molecule has 0 radical (unpaired) electrons. The SMILES string of the molecule is CNC(C)Cc1noc(-c2ccn(-c3ccccc3F)n2)n1. The molecule has 0 spiro atoms. The van der Waals surface area contributed by atoms with E-state index in [1.807, 2.05) is 14.0 Å². The molecule has 0 bridgehead atoms. The molecule has 3 aromatic rings. The molecule has 0 aliphatic heterocycles. The Balaban J connectivity index is 1.84. The minimum atomic E-state index is -0.341. The molecule has 0 saturated carbocycles. The van der Waals surface area contributed by atoms with Crippen molar-refractivity contribution in [3.63, 3.8) is 0 Å². The maximum atomic E-state index is 13.8. The second-order valence-electron chi connectivity index (χ2n) is 5.01. The predicted octanol–water partition coefficient (Wildman–Crippen LogP) is 2.21. The van der Waals surface area contributed by atoms with Crippen LogP contribution in [0.1, 0.15) is 12.7 Å². The number of para-hydroxylation sites is 1. The Morgan fingerprint density at radius 2 is 2.14 bits per heavy atom. The highest BCUT2D eigenvalue weighted by Gasteiger charge is 2.14. The molecule has 7 heteroatoms. The first-order valence-corrected chi connectivity index (χ1v) is 6.98. The fourth-order valence-electron chi connectivity index (χ4n) is 2.03. The average molecular weight is 301 g/mol. The third kappa shape index (κ3) is 2.89. The Hall–Kier alpha value is -2.54. The van der Waals surface area contributed by atoms with Crippen LogP contribution in [0.4, 0.5) is 4.39 Å². The maximum Gasteiger partial charge on any atom is 0.278 e. The van der Waals surface area contributed by atoms with Crippen LogP contribution in [0.15, 0.2) is 41.1 Å². The molecular weight excluding hydrogens is 285 g/mol. The van der Waals surface area contributed by atoms with E-state index in [0.29, 0.717) is 29.5 Å². The Labute approximate surface area is 127 Å². The Kier molecular flexibility index (Phi) is 3.97. The van der Waals surface area contributed by atoms with E-state index in [-0.39, 0.29) is 11.9 Å². The maximum absolute atomic E-state index is 13.8. The third-order valence-corrected chi connectivity index (χ3v) is 3.36. The lowest BCUT2D eigenvalue weighted by molar-refractivity contribution is 0.417. The van der Waals surface area contributed by atoms with Gasteiger partial charge in [0.15, 0.2) is 11.5 Å². The molecule has 1 N–H and O–H groups in total. The van der Waals surface area contributed by atoms with Gasteiger partial charge in [-0.15, -0.1) is 0 Å². The van der Waals surface area contributed by atoms with Gasteiger partial charge in [0.2, 0.25) is 0 Å². The van der Waals surface area contributed by atoms with Crippen LogP contribution >= 0.6 is 0 Å². The van der Waals surface area contributed by atoms with Crippen molar-refractivity contribution in [2.24, 2.45) is 0 Å². The first-order valence-electron chi connectivity index (χ1n) is 6.98. The highest BCUT2D eigenvalue weighted by atomic mass is 19.1. The van der Waals surface area contributed by atoms with Gasteiger partial charge in [0.05, 0.1) is 0 Å². The number of benzene rings is 1. The van der Waals surface area contributed by atoms with Gasteiger partial charge in [-0.3, -0.25) is 0 Å². The van der Waals surface area contributed by atoms with Crippen molar-refractivity contribution in [1.82, 2.24) is 25.2 Å². The van der Waals surface area contributed by atoms with E-state index in [4.69, 9.17) is 4.52 Å². The Morgan fingerprint density at radius 3 is 2.91 bits per heavy atom. The first-order chi connectivity index (χ1) is 10.7. The van der Waals surface area contributed by atoms with Crippen LogP contribution in [0.2, 0.25) is 0 Å². The van der Waals surface area contributed by atoms with Crippen LogP contribution in [0.5, 0.6) is 0 Å². The van der Waals surface area contributed by atoms with Crippen LogP contribution in [0.25, 0.3) is 17.3 Å². The molecule has 2 aromatic heterocycles. The third-order valence-electron chi connectivity index (χ3n) is 3.36. The lowest BCUT2D eigenvalue weighted by Gasteiger charge is -2.04. The molecule has 1 atom stereocenters. The summed E-state index contributed by atoms with van der Waals surface area (Å²) in [5.74, 6) is 0.594. The number of hydrogen-bond donors (Lipinski definition) is 1. The highest BCUT2D eigenvalue weighted by Crippen LogP contribution is 2.18. The standard InChI is InChI=1S/C15H16FN5O/c1-10(17-2)9-14-18-15(22-20-14)12-7-8-21(19-12)13-6-4-3-5-11(13)16/h3-8,10,17H,9H2,1-2H3. The smallest absolute Gasteiger partial charge is 0.278 e. The number of likely N-dealkylation sites (N-methyl/N-ethyl adjacent to an activating group) is 1. The van der Waals surface area contributed by atoms with Crippen molar-refractivity contribution in [3.05, 3.63) is 48.2 Å². The van der Waals surface area contributed by atoms with Crippen LogP contribution in [0, 0.1) is 5.82 Å². The second kappa shape index (κ2) is 6.07. The van der Waals surface area contributed by atoms with E-state index in [1.165, 1.54) is 10.7 Å². The quantitative estimate of drug-likeness (QED) is 0.782. The fraction of sp³-hybridized carbons (Fsp3) is 0.267. The summed E-state index contributed by atoms with van der Waals surface area (Å²) in [5, 5.41) is 11.3. The predicted molar refractivity (Wildman–Crippen MR) is 79.0 cm³/mol. The molecule has 0 aliphatic rings. The van der Waals surface area contributed by atoms with Crippen molar-refractivity contribution in [3.8, 4) is 17.3 Å². The zero-order valence-corrected chi connectivity index (χ0v) is 12.3. The van der Waals surface area contributed by atoms with Crippen LogP contribution in [-0.4, -0.2) is 33.0 Å². The van der Waals surface area contributed by atoms with Crippen LogP contribution in [-0.2, 0) is 6.42 Å². The van der Waals surface area contributed by atoms with Crippen molar-refractivity contribution >= 4 is 0 Å². The van der Waals surface area contributed by atoms with Crippen molar-refractivity contribution in [1.29, 1.82) is 0 Å². The van der Waals surface area contributed by atoms with Gasteiger partial charge >= 0.3 is 0 Å². The lowest BCUT2D eigenvalue weighted by Crippen LogP contribution is -2.24. The van der Waals surface area contributed by atoms with Gasteiger partial charge in [0, 0.05) is 18.7 Å². The van der Waals surface area contributed by atoms with Gasteiger partial charge in [0.25, 0.3) is 5.89 Å². The zero-order chi connectivity index (χ0) is 15.5. The number of aromatic nitrogens is 4. The molecule has 22 heavy (non-hydrogen) atoms. The molecule has 2 heterocycles. The van der Waals surface area contributed by atoms with E-state index >= 15 is 0 Å². The highest BCUT2D eigenvalue weighted by molar-refractivity contribution is 5.46. The lowest BCUT2D eigenvalue weighted by atomic mass is 10.2. The summed E-state index contributed by atoms with van der Waals surface area (Å²) in [5.41, 5.74) is 0.886. The van der Waals surface area contributed by atoms with E-state index in [9.17, 15) is 4.39 Å². The summed E-state index contributed by atoms with van der Waals surface area (Å²) in [4.78, 5) is 4.31. The molecule has 1 unspecified atom stereocenters. The fourth-order valence-corrected chi connectivity index (χ4v) is 2.03. The van der Waals surface area contributed by atoms with E-state index in [1.54, 1.807) is 30.5 Å². The largest absolute Gasteiger partial charge is 0.332 e. The number of halogens is 1. The summed E-state index contributed by atoms with van der Waals surface area (Å²) >= 11 is 0. The average Bonchev–Trinajstić information content (AvgIpc) is 3.16. The molecule has 0 saturated heterocycles. The minimum Gasteiger partial charge on any atom is -0.332 e. The first kappa shape index (κ1) is 14.4. The molecule has 1 aromatic carbocycles. The van der Waals surface area contributed by atoms with Gasteiger partial charge < -0.3 is 9.84 Å². The summed E-state index contributed by atoms with van der Waals surface area (Å²) in [7, 11) is 1.88. The number of hydrogen-bond acceptors (Lipinski definition) is 5. The molecule has 114 valence electrons. The molecular formula is C15H16FN5O. The van der Waals surface area contributed by atoms with Gasteiger partial charge in [0.1, 0.15) is 11.5 Å². The van der Waals surface area contributed by atoms with Crippen LogP contribution in [0.3, 0.4) is 0 Å². The summed E-state index contributed by atoms with van der Waals surface area (Å²) < 4.78 is 20.4. The normalized spacial score (nSPS) is 12.5. The Morgan fingerprint density at radius 1 is 1.32 bits per heavy atom. The topological polar surface area (TPSA) is 68.8 Å². The van der Waals surface area contributed by atoms with Crippen molar-refractivity contribution < 1.29 is 8.91 Å². The van der Waals surface area contributed by atoms with E-state index in [2.05, 4.69) is 20.6 Å². The van der Waals surface area contributed by atoms with Crippen molar-refractivity contribution in [2.45, 2.75) is 19.4 Å². The number of nitrogens with zero attached hydrogens (tertiary/aromatic N) is 4.